The van der Waals surface area contributed by atoms with Crippen molar-refractivity contribution in [3.63, 3.8) is 0 Å². The molecule has 30 heavy (non-hydrogen) atoms. The number of amides is 1. The normalized spacial score (nSPS) is 12.7. The van der Waals surface area contributed by atoms with E-state index in [4.69, 9.17) is 5.21 Å². The molecule has 4 aromatic rings. The van der Waals surface area contributed by atoms with Gasteiger partial charge >= 0.3 is 0 Å². The van der Waals surface area contributed by atoms with Crippen LogP contribution in [0.3, 0.4) is 0 Å². The lowest BCUT2D eigenvalue weighted by atomic mass is 10.0. The highest BCUT2D eigenvalue weighted by atomic mass is 16.5. The maximum atomic E-state index is 11.2. The van der Waals surface area contributed by atoms with Crippen molar-refractivity contribution in [3.05, 3.63) is 78.3 Å². The molecule has 0 aliphatic rings. The number of hydrogen-bond donors (Lipinski definition) is 3. The fourth-order valence-corrected chi connectivity index (χ4v) is 3.63. The predicted octanol–water partition coefficient (Wildman–Crippen LogP) is 4.19. The second-order valence-electron chi connectivity index (χ2n) is 7.51. The monoisotopic (exact) mass is 401 g/mol. The Morgan fingerprint density at radius 1 is 1.13 bits per heavy atom. The van der Waals surface area contributed by atoms with E-state index in [1.165, 1.54) is 17.7 Å². The summed E-state index contributed by atoms with van der Waals surface area (Å²) in [7, 11) is 0. The molecule has 0 aliphatic carbocycles. The molecule has 0 saturated carbocycles. The maximum absolute atomic E-state index is 11.2. The van der Waals surface area contributed by atoms with Crippen LogP contribution in [0.5, 0.6) is 0 Å². The van der Waals surface area contributed by atoms with Crippen molar-refractivity contribution in [2.75, 3.05) is 0 Å². The highest BCUT2D eigenvalue weighted by Crippen LogP contribution is 2.30. The summed E-state index contributed by atoms with van der Waals surface area (Å²) in [4.78, 5) is 14.7. The van der Waals surface area contributed by atoms with Crippen LogP contribution in [-0.4, -0.2) is 31.1 Å². The number of hydrogen-bond acceptors (Lipinski definition) is 4. The molecule has 0 aliphatic heterocycles. The van der Waals surface area contributed by atoms with E-state index in [2.05, 4.69) is 65.5 Å². The second-order valence-corrected chi connectivity index (χ2v) is 7.51. The Balaban J connectivity index is 1.67. The molecule has 7 heteroatoms. The second kappa shape index (κ2) is 8.34. The predicted molar refractivity (Wildman–Crippen MR) is 116 cm³/mol. The molecule has 0 saturated heterocycles. The quantitative estimate of drug-likeness (QED) is 0.256. The van der Waals surface area contributed by atoms with Crippen molar-refractivity contribution in [2.45, 2.75) is 19.9 Å². The van der Waals surface area contributed by atoms with Crippen LogP contribution >= 0.6 is 0 Å². The van der Waals surface area contributed by atoms with Gasteiger partial charge in [-0.25, -0.2) is 10.2 Å². The standard InChI is InChI=1S/C23H23N5O2/c1-15(2)23(28-14-19(25-27-28)10-11-22(29)26-30)21-13-18-9-8-17(12-20(18)24-21)16-6-4-3-5-7-16/h3-15,23-24,30H,1-2H3,(H,26,29). The molecule has 4 rings (SSSR count). The van der Waals surface area contributed by atoms with E-state index in [0.717, 1.165) is 22.2 Å². The third-order valence-corrected chi connectivity index (χ3v) is 5.03. The molecule has 2 heterocycles. The van der Waals surface area contributed by atoms with Crippen LogP contribution < -0.4 is 5.48 Å². The number of aromatic amines is 1. The molecule has 1 unspecified atom stereocenters. The zero-order valence-corrected chi connectivity index (χ0v) is 16.8. The SMILES string of the molecule is CC(C)C(c1cc2ccc(-c3ccccc3)cc2[nH]1)n1cc(C=CC(=O)NO)nn1. The van der Waals surface area contributed by atoms with Crippen LogP contribution in [0.4, 0.5) is 0 Å². The molecule has 0 fully saturated rings. The van der Waals surface area contributed by atoms with Gasteiger partial charge in [-0.05, 0) is 40.6 Å². The first kappa shape index (κ1) is 19.6. The van der Waals surface area contributed by atoms with Crippen LogP contribution in [0.1, 0.15) is 31.3 Å². The van der Waals surface area contributed by atoms with Crippen molar-refractivity contribution in [1.82, 2.24) is 25.5 Å². The highest BCUT2D eigenvalue weighted by molar-refractivity contribution is 5.90. The molecular weight excluding hydrogens is 378 g/mol. The van der Waals surface area contributed by atoms with Gasteiger partial charge in [-0.1, -0.05) is 61.5 Å². The van der Waals surface area contributed by atoms with Gasteiger partial charge in [0.25, 0.3) is 5.91 Å². The fraction of sp³-hybridized carbons (Fsp3) is 0.174. The number of benzene rings is 2. The van der Waals surface area contributed by atoms with Crippen LogP contribution in [-0.2, 0) is 4.79 Å². The third-order valence-electron chi connectivity index (χ3n) is 5.03. The van der Waals surface area contributed by atoms with Gasteiger partial charge in [-0.15, -0.1) is 5.10 Å². The average Bonchev–Trinajstić information content (AvgIpc) is 3.39. The van der Waals surface area contributed by atoms with Crippen molar-refractivity contribution in [1.29, 1.82) is 0 Å². The van der Waals surface area contributed by atoms with Crippen molar-refractivity contribution < 1.29 is 10.0 Å². The van der Waals surface area contributed by atoms with Gasteiger partial charge in [-0.3, -0.25) is 10.0 Å². The number of carbonyl (C=O) groups excluding carboxylic acids is 1. The molecule has 152 valence electrons. The van der Waals surface area contributed by atoms with E-state index in [1.54, 1.807) is 16.4 Å². The summed E-state index contributed by atoms with van der Waals surface area (Å²) in [5.41, 5.74) is 6.53. The molecule has 2 aromatic heterocycles. The van der Waals surface area contributed by atoms with E-state index >= 15 is 0 Å². The van der Waals surface area contributed by atoms with E-state index < -0.39 is 5.91 Å². The summed E-state index contributed by atoms with van der Waals surface area (Å²) >= 11 is 0. The van der Waals surface area contributed by atoms with Crippen LogP contribution in [0.25, 0.3) is 28.1 Å². The van der Waals surface area contributed by atoms with Crippen molar-refractivity contribution in [2.24, 2.45) is 5.92 Å². The van der Waals surface area contributed by atoms with Gasteiger partial charge in [0.1, 0.15) is 5.69 Å². The van der Waals surface area contributed by atoms with Crippen LogP contribution in [0.15, 0.2) is 66.9 Å². The summed E-state index contributed by atoms with van der Waals surface area (Å²) in [6, 6.07) is 18.8. The number of carbonyl (C=O) groups is 1. The van der Waals surface area contributed by atoms with E-state index in [9.17, 15) is 4.79 Å². The number of hydroxylamine groups is 1. The number of H-pyrrole nitrogens is 1. The minimum absolute atomic E-state index is 0.0427. The number of aromatic nitrogens is 4. The van der Waals surface area contributed by atoms with Gasteiger partial charge < -0.3 is 4.98 Å². The number of nitrogens with one attached hydrogen (secondary N) is 2. The minimum atomic E-state index is -0.616. The Kier molecular flexibility index (Phi) is 5.45. The zero-order valence-electron chi connectivity index (χ0n) is 16.8. The van der Waals surface area contributed by atoms with Gasteiger partial charge in [0.2, 0.25) is 0 Å². The lowest BCUT2D eigenvalue weighted by Crippen LogP contribution is -2.17. The zero-order chi connectivity index (χ0) is 21.1. The minimum Gasteiger partial charge on any atom is -0.357 e. The summed E-state index contributed by atoms with van der Waals surface area (Å²) < 4.78 is 1.80. The summed E-state index contributed by atoms with van der Waals surface area (Å²) in [6.07, 6.45) is 4.49. The van der Waals surface area contributed by atoms with E-state index in [-0.39, 0.29) is 12.0 Å². The fourth-order valence-electron chi connectivity index (χ4n) is 3.63. The molecular formula is C23H23N5O2. The van der Waals surface area contributed by atoms with Gasteiger partial charge in [0, 0.05) is 17.3 Å². The summed E-state index contributed by atoms with van der Waals surface area (Å²) in [5, 5.41) is 18.1. The first-order valence-electron chi connectivity index (χ1n) is 9.77. The Labute approximate surface area is 174 Å². The molecule has 0 bridgehead atoms. The van der Waals surface area contributed by atoms with Gasteiger partial charge in [0.15, 0.2) is 0 Å². The third kappa shape index (κ3) is 4.01. The molecule has 2 aromatic carbocycles. The Hall–Kier alpha value is -3.71. The lowest BCUT2D eigenvalue weighted by molar-refractivity contribution is -0.124. The molecule has 0 spiro atoms. The topological polar surface area (TPSA) is 95.8 Å². The molecule has 1 atom stereocenters. The molecule has 7 nitrogen and oxygen atoms in total. The lowest BCUT2D eigenvalue weighted by Gasteiger charge is -2.19. The van der Waals surface area contributed by atoms with Gasteiger partial charge in [0.05, 0.1) is 12.2 Å². The van der Waals surface area contributed by atoms with Crippen molar-refractivity contribution in [3.8, 4) is 11.1 Å². The highest BCUT2D eigenvalue weighted by Gasteiger charge is 2.21. The Morgan fingerprint density at radius 3 is 2.67 bits per heavy atom. The van der Waals surface area contributed by atoms with E-state index in [0.29, 0.717) is 5.69 Å². The van der Waals surface area contributed by atoms with Crippen LogP contribution in [0, 0.1) is 5.92 Å². The van der Waals surface area contributed by atoms with Crippen LogP contribution in [0.2, 0.25) is 0 Å². The van der Waals surface area contributed by atoms with Crippen molar-refractivity contribution >= 4 is 22.9 Å². The van der Waals surface area contributed by atoms with Gasteiger partial charge in [-0.2, -0.15) is 0 Å². The Morgan fingerprint density at radius 2 is 1.93 bits per heavy atom. The number of nitrogens with zero attached hydrogens (tertiary/aromatic N) is 3. The first-order valence-corrected chi connectivity index (χ1v) is 9.77. The van der Waals surface area contributed by atoms with E-state index in [1.807, 2.05) is 18.2 Å². The first-order chi connectivity index (χ1) is 14.5. The average molecular weight is 401 g/mol. The maximum Gasteiger partial charge on any atom is 0.267 e. The molecule has 0 radical (unpaired) electrons. The largest absolute Gasteiger partial charge is 0.357 e. The summed E-state index contributed by atoms with van der Waals surface area (Å²) in [6.45, 7) is 4.25. The molecule has 3 N–H and O–H groups in total. The summed E-state index contributed by atoms with van der Waals surface area (Å²) in [5.74, 6) is -0.360. The molecule has 1 amide bonds. The number of rotatable bonds is 6. The number of fused-ring (bicyclic) bond motifs is 1. The smallest absolute Gasteiger partial charge is 0.267 e. The Bertz CT molecular complexity index is 1190.